The van der Waals surface area contributed by atoms with Gasteiger partial charge in [0.05, 0.1) is 6.20 Å². The van der Waals surface area contributed by atoms with Crippen LogP contribution in [0.2, 0.25) is 0 Å². The molecule has 8 heteroatoms. The summed E-state index contributed by atoms with van der Waals surface area (Å²) in [5.74, 6) is 1.62. The van der Waals surface area contributed by atoms with E-state index in [1.165, 1.54) is 30.5 Å². The molecule has 2 saturated heterocycles. The monoisotopic (exact) mass is 361 g/mol. The van der Waals surface area contributed by atoms with Crippen LogP contribution in [0.4, 0.5) is 0 Å². The molecule has 0 amide bonds. The SMILES string of the molecule is O=C(O)c1cnn2cc(CN3CCN(C4CCSCC4)CC3)cnc12. The van der Waals surface area contributed by atoms with E-state index in [-0.39, 0.29) is 5.56 Å². The first kappa shape index (κ1) is 16.8. The quantitative estimate of drug-likeness (QED) is 0.883. The van der Waals surface area contributed by atoms with Gasteiger partial charge in [0.15, 0.2) is 5.65 Å². The molecule has 0 unspecified atom stereocenters. The van der Waals surface area contributed by atoms with Gasteiger partial charge in [-0.2, -0.15) is 16.9 Å². The molecule has 2 aliphatic heterocycles. The molecular weight excluding hydrogens is 338 g/mol. The molecule has 1 N–H and O–H groups in total. The largest absolute Gasteiger partial charge is 0.477 e. The lowest BCUT2D eigenvalue weighted by atomic mass is 10.1. The Kier molecular flexibility index (Phi) is 4.91. The first-order chi connectivity index (χ1) is 12.2. The van der Waals surface area contributed by atoms with Crippen molar-refractivity contribution in [2.24, 2.45) is 0 Å². The van der Waals surface area contributed by atoms with Crippen molar-refractivity contribution in [1.29, 1.82) is 0 Å². The van der Waals surface area contributed by atoms with E-state index < -0.39 is 5.97 Å². The van der Waals surface area contributed by atoms with Crippen LogP contribution in [0.5, 0.6) is 0 Å². The van der Waals surface area contributed by atoms with E-state index in [9.17, 15) is 4.79 Å². The number of carboxylic acids is 1. The van der Waals surface area contributed by atoms with Crippen LogP contribution in [0.3, 0.4) is 0 Å². The number of aromatic nitrogens is 3. The summed E-state index contributed by atoms with van der Waals surface area (Å²) in [6, 6.07) is 0.778. The zero-order chi connectivity index (χ0) is 17.2. The third kappa shape index (κ3) is 3.65. The second-order valence-electron chi connectivity index (χ2n) is 6.75. The van der Waals surface area contributed by atoms with Gasteiger partial charge in [0.25, 0.3) is 0 Å². The van der Waals surface area contributed by atoms with Crippen molar-refractivity contribution in [3.63, 3.8) is 0 Å². The second kappa shape index (κ2) is 7.31. The lowest BCUT2D eigenvalue weighted by Crippen LogP contribution is -2.50. The zero-order valence-corrected chi connectivity index (χ0v) is 15.0. The molecule has 2 aromatic heterocycles. The molecule has 0 radical (unpaired) electrons. The van der Waals surface area contributed by atoms with Gasteiger partial charge >= 0.3 is 5.97 Å². The number of fused-ring (bicyclic) bond motifs is 1. The van der Waals surface area contributed by atoms with E-state index in [1.807, 2.05) is 6.20 Å². The Hall–Kier alpha value is -1.64. The first-order valence-corrected chi connectivity index (χ1v) is 9.96. The van der Waals surface area contributed by atoms with Gasteiger partial charge in [-0.25, -0.2) is 14.3 Å². The minimum Gasteiger partial charge on any atom is -0.477 e. The van der Waals surface area contributed by atoms with Gasteiger partial charge in [0.2, 0.25) is 0 Å². The molecule has 0 aliphatic carbocycles. The van der Waals surface area contributed by atoms with Gasteiger partial charge in [0.1, 0.15) is 5.56 Å². The smallest absolute Gasteiger partial charge is 0.341 e. The number of carboxylic acid groups (broad SMARTS) is 1. The molecular formula is C17H23N5O2S. The Labute approximate surface area is 151 Å². The summed E-state index contributed by atoms with van der Waals surface area (Å²) >= 11 is 2.08. The molecule has 0 atom stereocenters. The number of aromatic carboxylic acids is 1. The lowest BCUT2D eigenvalue weighted by Gasteiger charge is -2.40. The normalized spacial score (nSPS) is 21.0. The minimum atomic E-state index is -0.993. The molecule has 2 aliphatic rings. The Morgan fingerprint density at radius 1 is 1.20 bits per heavy atom. The van der Waals surface area contributed by atoms with Crippen molar-refractivity contribution >= 4 is 23.4 Å². The van der Waals surface area contributed by atoms with E-state index in [0.29, 0.717) is 5.65 Å². The van der Waals surface area contributed by atoms with E-state index in [1.54, 1.807) is 10.7 Å². The van der Waals surface area contributed by atoms with E-state index in [2.05, 4.69) is 31.6 Å². The van der Waals surface area contributed by atoms with Crippen LogP contribution in [0, 0.1) is 0 Å². The molecule has 2 aromatic rings. The summed E-state index contributed by atoms with van der Waals surface area (Å²) in [7, 11) is 0. The maximum absolute atomic E-state index is 11.1. The summed E-state index contributed by atoms with van der Waals surface area (Å²) in [5.41, 5.74) is 1.61. The second-order valence-corrected chi connectivity index (χ2v) is 7.97. The first-order valence-electron chi connectivity index (χ1n) is 8.80. The Balaban J connectivity index is 1.36. The molecule has 7 nitrogen and oxygen atoms in total. The number of carbonyl (C=O) groups is 1. The van der Waals surface area contributed by atoms with Crippen molar-refractivity contribution in [2.45, 2.75) is 25.4 Å². The highest BCUT2D eigenvalue weighted by Crippen LogP contribution is 2.23. The molecule has 134 valence electrons. The van der Waals surface area contributed by atoms with Crippen molar-refractivity contribution in [2.75, 3.05) is 37.7 Å². The van der Waals surface area contributed by atoms with Crippen LogP contribution in [-0.4, -0.2) is 79.2 Å². The average Bonchev–Trinajstić information content (AvgIpc) is 3.07. The van der Waals surface area contributed by atoms with E-state index in [0.717, 1.165) is 44.3 Å². The highest BCUT2D eigenvalue weighted by molar-refractivity contribution is 7.99. The Morgan fingerprint density at radius 2 is 1.96 bits per heavy atom. The number of rotatable bonds is 4. The van der Waals surface area contributed by atoms with Gasteiger partial charge in [-0.1, -0.05) is 0 Å². The standard InChI is InChI=1S/C17H23N5O2S/c23-17(24)15-10-19-22-12-13(9-18-16(15)22)11-20-3-5-21(6-4-20)14-1-7-25-8-2-14/h9-10,12,14H,1-8,11H2,(H,23,24). The predicted octanol–water partition coefficient (Wildman–Crippen LogP) is 1.44. The fraction of sp³-hybridized carbons (Fsp3) is 0.588. The molecule has 0 saturated carbocycles. The van der Waals surface area contributed by atoms with Gasteiger partial charge in [-0.3, -0.25) is 9.80 Å². The average molecular weight is 361 g/mol. The molecule has 0 bridgehead atoms. The lowest BCUT2D eigenvalue weighted by molar-refractivity contribution is 0.0698. The van der Waals surface area contributed by atoms with Crippen LogP contribution in [0.25, 0.3) is 5.65 Å². The molecule has 2 fully saturated rings. The van der Waals surface area contributed by atoms with Crippen LogP contribution in [-0.2, 0) is 6.54 Å². The maximum Gasteiger partial charge on any atom is 0.341 e. The summed E-state index contributed by atoms with van der Waals surface area (Å²) < 4.78 is 1.56. The van der Waals surface area contributed by atoms with E-state index >= 15 is 0 Å². The number of piperazine rings is 1. The molecule has 4 rings (SSSR count). The highest BCUT2D eigenvalue weighted by atomic mass is 32.2. The summed E-state index contributed by atoms with van der Waals surface area (Å²) in [5, 5.41) is 13.2. The number of hydrogen-bond donors (Lipinski definition) is 1. The molecule has 4 heterocycles. The fourth-order valence-electron chi connectivity index (χ4n) is 3.74. The third-order valence-electron chi connectivity index (χ3n) is 5.16. The minimum absolute atomic E-state index is 0.144. The number of thioether (sulfide) groups is 1. The zero-order valence-electron chi connectivity index (χ0n) is 14.2. The molecule has 0 aromatic carbocycles. The van der Waals surface area contributed by atoms with Gasteiger partial charge < -0.3 is 5.11 Å². The van der Waals surface area contributed by atoms with E-state index in [4.69, 9.17) is 5.11 Å². The van der Waals surface area contributed by atoms with Gasteiger partial charge in [-0.05, 0) is 24.3 Å². The Bertz CT molecular complexity index is 751. The maximum atomic E-state index is 11.1. The fourth-order valence-corrected chi connectivity index (χ4v) is 4.82. The van der Waals surface area contributed by atoms with Gasteiger partial charge in [0, 0.05) is 56.7 Å². The Morgan fingerprint density at radius 3 is 2.68 bits per heavy atom. The summed E-state index contributed by atoms with van der Waals surface area (Å²) in [6.45, 7) is 5.24. The van der Waals surface area contributed by atoms with Crippen molar-refractivity contribution in [3.05, 3.63) is 29.7 Å². The number of hydrogen-bond acceptors (Lipinski definition) is 6. The van der Waals surface area contributed by atoms with Crippen LogP contribution in [0.1, 0.15) is 28.8 Å². The van der Waals surface area contributed by atoms with Crippen LogP contribution in [0.15, 0.2) is 18.6 Å². The van der Waals surface area contributed by atoms with Crippen molar-refractivity contribution in [1.82, 2.24) is 24.4 Å². The van der Waals surface area contributed by atoms with Gasteiger partial charge in [-0.15, -0.1) is 0 Å². The van der Waals surface area contributed by atoms with Crippen LogP contribution >= 0.6 is 11.8 Å². The van der Waals surface area contributed by atoms with Crippen LogP contribution < -0.4 is 0 Å². The topological polar surface area (TPSA) is 74.0 Å². The van der Waals surface area contributed by atoms with Crippen molar-refractivity contribution in [3.8, 4) is 0 Å². The number of nitrogens with zero attached hydrogens (tertiary/aromatic N) is 5. The summed E-state index contributed by atoms with van der Waals surface area (Å²) in [4.78, 5) is 20.5. The predicted molar refractivity (Wildman–Crippen MR) is 97.1 cm³/mol. The highest BCUT2D eigenvalue weighted by Gasteiger charge is 2.25. The summed E-state index contributed by atoms with van der Waals surface area (Å²) in [6.07, 6.45) is 7.68. The third-order valence-corrected chi connectivity index (χ3v) is 6.21. The van der Waals surface area contributed by atoms with Crippen molar-refractivity contribution < 1.29 is 9.90 Å². The molecule has 0 spiro atoms. The molecule has 25 heavy (non-hydrogen) atoms.